The Kier molecular flexibility index (Phi) is 4.81. The molecule has 4 rings (SSSR count). The first-order valence-corrected chi connectivity index (χ1v) is 9.55. The average molecular weight is 390 g/mol. The van der Waals surface area contributed by atoms with Crippen LogP contribution in [0.5, 0.6) is 11.5 Å². The lowest BCUT2D eigenvalue weighted by atomic mass is 10.3. The number of hydrogen-bond donors (Lipinski definition) is 0. The van der Waals surface area contributed by atoms with Gasteiger partial charge in [-0.25, -0.2) is 4.79 Å². The summed E-state index contributed by atoms with van der Waals surface area (Å²) >= 11 is 2.93. The van der Waals surface area contributed by atoms with Gasteiger partial charge in [-0.15, -0.1) is 10.2 Å². The van der Waals surface area contributed by atoms with Crippen LogP contribution in [-0.2, 0) is 10.5 Å². The van der Waals surface area contributed by atoms with Gasteiger partial charge < -0.3 is 18.6 Å². The highest BCUT2D eigenvalue weighted by atomic mass is 32.2. The van der Waals surface area contributed by atoms with Gasteiger partial charge in [-0.2, -0.15) is 0 Å². The van der Waals surface area contributed by atoms with Crippen LogP contribution in [-0.4, -0.2) is 29.9 Å². The summed E-state index contributed by atoms with van der Waals surface area (Å²) in [4.78, 5) is 11.4. The molecule has 7 nitrogen and oxygen atoms in total. The largest absolute Gasteiger partial charge is 0.485 e. The molecule has 1 aromatic carbocycles. The molecule has 0 aliphatic carbocycles. The Bertz CT molecular complexity index is 923. The van der Waals surface area contributed by atoms with Crippen molar-refractivity contribution < 1.29 is 23.4 Å². The second kappa shape index (κ2) is 7.38. The molecule has 0 spiro atoms. The number of aromatic nitrogens is 2. The quantitative estimate of drug-likeness (QED) is 0.481. The highest BCUT2D eigenvalue weighted by Crippen LogP contribution is 2.37. The number of fused-ring (bicyclic) bond motifs is 1. The van der Waals surface area contributed by atoms with Crippen LogP contribution >= 0.6 is 23.1 Å². The molecule has 26 heavy (non-hydrogen) atoms. The number of hydrogen-bond acceptors (Lipinski definition) is 9. The number of benzene rings is 1. The number of methoxy groups -OCH3 is 1. The Morgan fingerprint density at radius 3 is 2.96 bits per heavy atom. The van der Waals surface area contributed by atoms with Gasteiger partial charge >= 0.3 is 5.97 Å². The number of nitrogens with zero attached hydrogens (tertiary/aromatic N) is 2. The van der Waals surface area contributed by atoms with Crippen LogP contribution < -0.4 is 9.47 Å². The molecule has 1 aliphatic rings. The SMILES string of the molecule is COC(=O)c1ccc(CSc2nnc(C3COc4ccccc4O3)s2)o1. The van der Waals surface area contributed by atoms with Crippen LogP contribution in [0.1, 0.15) is 27.4 Å². The van der Waals surface area contributed by atoms with Crippen molar-refractivity contribution in [2.45, 2.75) is 16.2 Å². The fourth-order valence-corrected chi connectivity index (χ4v) is 4.13. The van der Waals surface area contributed by atoms with Crippen LogP contribution in [0.4, 0.5) is 0 Å². The Balaban J connectivity index is 1.38. The molecule has 134 valence electrons. The van der Waals surface area contributed by atoms with E-state index < -0.39 is 5.97 Å². The molecule has 1 atom stereocenters. The molecular weight excluding hydrogens is 376 g/mol. The van der Waals surface area contributed by atoms with Crippen LogP contribution in [0.15, 0.2) is 45.2 Å². The second-order valence-corrected chi connectivity index (χ2v) is 7.55. The molecule has 3 heterocycles. The standard InChI is InChI=1S/C17H14N2O5S2/c1-21-16(20)13-7-6-10(23-13)9-25-17-19-18-15(26-17)14-8-22-11-4-2-3-5-12(11)24-14/h2-7,14H,8-9H2,1H3. The van der Waals surface area contributed by atoms with E-state index in [1.807, 2.05) is 24.3 Å². The number of rotatable bonds is 5. The van der Waals surface area contributed by atoms with E-state index in [1.54, 1.807) is 12.1 Å². The lowest BCUT2D eigenvalue weighted by molar-refractivity contribution is 0.0563. The number of carbonyl (C=O) groups excluding carboxylic acids is 1. The van der Waals surface area contributed by atoms with Crippen LogP contribution in [0.3, 0.4) is 0 Å². The third-order valence-electron chi connectivity index (χ3n) is 3.59. The predicted octanol–water partition coefficient (Wildman–Crippen LogP) is 3.72. The van der Waals surface area contributed by atoms with E-state index in [4.69, 9.17) is 13.9 Å². The molecule has 0 fully saturated rings. The van der Waals surface area contributed by atoms with Crippen molar-refractivity contribution in [3.63, 3.8) is 0 Å². The lowest BCUT2D eigenvalue weighted by Gasteiger charge is -2.24. The third kappa shape index (κ3) is 3.54. The second-order valence-electron chi connectivity index (χ2n) is 5.32. The average Bonchev–Trinajstić information content (AvgIpc) is 3.35. The minimum absolute atomic E-state index is 0.187. The Morgan fingerprint density at radius 1 is 1.27 bits per heavy atom. The Morgan fingerprint density at radius 2 is 2.12 bits per heavy atom. The van der Waals surface area contributed by atoms with E-state index in [0.717, 1.165) is 15.1 Å². The molecule has 3 aromatic rings. The van der Waals surface area contributed by atoms with Crippen molar-refractivity contribution in [1.29, 1.82) is 0 Å². The molecular formula is C17H14N2O5S2. The predicted molar refractivity (Wildman–Crippen MR) is 94.8 cm³/mol. The summed E-state index contributed by atoms with van der Waals surface area (Å²) in [7, 11) is 1.32. The summed E-state index contributed by atoms with van der Waals surface area (Å²) in [5.74, 6) is 2.34. The maximum Gasteiger partial charge on any atom is 0.373 e. The van der Waals surface area contributed by atoms with Gasteiger partial charge in [0.15, 0.2) is 27.0 Å². The highest BCUT2D eigenvalue weighted by Gasteiger charge is 2.25. The van der Waals surface area contributed by atoms with Gasteiger partial charge in [-0.1, -0.05) is 35.2 Å². The van der Waals surface area contributed by atoms with Gasteiger partial charge in [0.05, 0.1) is 12.9 Å². The minimum atomic E-state index is -0.491. The van der Waals surface area contributed by atoms with Crippen molar-refractivity contribution >= 4 is 29.1 Å². The molecule has 2 aromatic heterocycles. The van der Waals surface area contributed by atoms with Crippen LogP contribution in [0.2, 0.25) is 0 Å². The van der Waals surface area contributed by atoms with Gasteiger partial charge in [0.2, 0.25) is 5.76 Å². The van der Waals surface area contributed by atoms with Gasteiger partial charge in [0, 0.05) is 0 Å². The highest BCUT2D eigenvalue weighted by molar-refractivity contribution is 8.00. The molecule has 0 radical (unpaired) electrons. The molecule has 1 unspecified atom stereocenters. The molecule has 1 aliphatic heterocycles. The van der Waals surface area contributed by atoms with Crippen molar-refractivity contribution in [3.8, 4) is 11.5 Å². The molecule has 9 heteroatoms. The molecule has 0 N–H and O–H groups in total. The smallest absolute Gasteiger partial charge is 0.373 e. The van der Waals surface area contributed by atoms with Crippen molar-refractivity contribution in [1.82, 2.24) is 10.2 Å². The first kappa shape index (κ1) is 16.9. The lowest BCUT2D eigenvalue weighted by Crippen LogP contribution is -2.21. The third-order valence-corrected chi connectivity index (χ3v) is 5.76. The molecule has 0 saturated heterocycles. The van der Waals surface area contributed by atoms with Crippen molar-refractivity contribution in [2.75, 3.05) is 13.7 Å². The number of furan rings is 1. The number of esters is 1. The van der Waals surface area contributed by atoms with E-state index in [1.165, 1.54) is 30.2 Å². The van der Waals surface area contributed by atoms with Crippen LogP contribution in [0.25, 0.3) is 0 Å². The first-order valence-electron chi connectivity index (χ1n) is 7.74. The topological polar surface area (TPSA) is 83.7 Å². The summed E-state index contributed by atoms with van der Waals surface area (Å²) in [6, 6.07) is 10.9. The maximum absolute atomic E-state index is 11.4. The fraction of sp³-hybridized carbons (Fsp3) is 0.235. The number of carbonyl (C=O) groups is 1. The summed E-state index contributed by atoms with van der Waals surface area (Å²) in [5, 5.41) is 9.15. The fourth-order valence-electron chi connectivity index (χ4n) is 2.35. The van der Waals surface area contributed by atoms with Gasteiger partial charge in [-0.3, -0.25) is 0 Å². The summed E-state index contributed by atoms with van der Waals surface area (Å²) < 4.78 is 22.5. The molecule has 0 bridgehead atoms. The van der Waals surface area contributed by atoms with Crippen molar-refractivity contribution in [3.05, 3.63) is 52.9 Å². The van der Waals surface area contributed by atoms with Gasteiger partial charge in [0.1, 0.15) is 12.4 Å². The van der Waals surface area contributed by atoms with E-state index in [-0.39, 0.29) is 11.9 Å². The zero-order valence-electron chi connectivity index (χ0n) is 13.7. The Labute approximate surface area is 157 Å². The number of para-hydroxylation sites is 2. The van der Waals surface area contributed by atoms with E-state index in [0.29, 0.717) is 23.9 Å². The molecule has 0 amide bonds. The van der Waals surface area contributed by atoms with Gasteiger partial charge in [0.25, 0.3) is 0 Å². The molecule has 0 saturated carbocycles. The van der Waals surface area contributed by atoms with E-state index in [2.05, 4.69) is 14.9 Å². The minimum Gasteiger partial charge on any atom is -0.485 e. The van der Waals surface area contributed by atoms with E-state index in [9.17, 15) is 4.79 Å². The zero-order chi connectivity index (χ0) is 17.9. The monoisotopic (exact) mass is 390 g/mol. The number of thioether (sulfide) groups is 1. The summed E-state index contributed by atoms with van der Waals surface area (Å²) in [6.45, 7) is 0.400. The summed E-state index contributed by atoms with van der Waals surface area (Å²) in [5.41, 5.74) is 0. The normalized spacial score (nSPS) is 15.7. The zero-order valence-corrected chi connectivity index (χ0v) is 15.3. The van der Waals surface area contributed by atoms with Crippen molar-refractivity contribution in [2.24, 2.45) is 0 Å². The maximum atomic E-state index is 11.4. The summed E-state index contributed by atoms with van der Waals surface area (Å²) in [6.07, 6.45) is -0.272. The first-order chi connectivity index (χ1) is 12.7. The van der Waals surface area contributed by atoms with E-state index >= 15 is 0 Å². The van der Waals surface area contributed by atoms with Crippen LogP contribution in [0, 0.1) is 0 Å². The Hall–Kier alpha value is -2.52. The number of ether oxygens (including phenoxy) is 3. The van der Waals surface area contributed by atoms with Gasteiger partial charge in [-0.05, 0) is 24.3 Å².